The molecule has 0 aliphatic heterocycles. The number of rotatable bonds is 7. The Morgan fingerprint density at radius 2 is 1.02 bits per heavy atom. The first-order chi connectivity index (χ1) is 28.7. The van der Waals surface area contributed by atoms with Crippen LogP contribution in [0.15, 0.2) is 206 Å². The first kappa shape index (κ1) is 33.3. The molecule has 0 saturated carbocycles. The van der Waals surface area contributed by atoms with E-state index in [2.05, 4.69) is 190 Å². The molecule has 0 radical (unpaired) electrons. The zero-order valence-electron chi connectivity index (χ0n) is 31.4. The van der Waals surface area contributed by atoms with Crippen molar-refractivity contribution in [2.24, 2.45) is 0 Å². The summed E-state index contributed by atoms with van der Waals surface area (Å²) < 4.78 is 2.39. The van der Waals surface area contributed by atoms with Crippen LogP contribution in [-0.2, 0) is 0 Å². The molecule has 0 saturated heterocycles. The third kappa shape index (κ3) is 5.49. The molecule has 4 nitrogen and oxygen atoms in total. The largest absolute Gasteiger partial charge is 0.311 e. The van der Waals surface area contributed by atoms with Gasteiger partial charge in [-0.2, -0.15) is 5.26 Å². The van der Waals surface area contributed by atoms with Crippen LogP contribution in [0.5, 0.6) is 0 Å². The highest BCUT2D eigenvalue weighted by molar-refractivity contribution is 6.26. The van der Waals surface area contributed by atoms with Gasteiger partial charge in [0, 0.05) is 50.7 Å². The van der Waals surface area contributed by atoms with Crippen molar-refractivity contribution in [2.45, 2.75) is 0 Å². The number of benzene rings is 9. The predicted molar refractivity (Wildman–Crippen MR) is 240 cm³/mol. The Morgan fingerprint density at radius 3 is 1.74 bits per heavy atom. The van der Waals surface area contributed by atoms with Crippen molar-refractivity contribution < 1.29 is 0 Å². The highest BCUT2D eigenvalue weighted by Crippen LogP contribution is 2.43. The Labute approximate surface area is 336 Å². The zero-order valence-corrected chi connectivity index (χ0v) is 31.4. The lowest BCUT2D eigenvalue weighted by atomic mass is 9.93. The molecule has 58 heavy (non-hydrogen) atoms. The van der Waals surface area contributed by atoms with Gasteiger partial charge in [0.25, 0.3) is 0 Å². The molecule has 0 N–H and O–H groups in total. The summed E-state index contributed by atoms with van der Waals surface area (Å²) in [6.07, 6.45) is 1.85. The van der Waals surface area contributed by atoms with Crippen LogP contribution in [0.1, 0.15) is 5.56 Å². The van der Waals surface area contributed by atoms with E-state index in [1.165, 1.54) is 49.4 Å². The van der Waals surface area contributed by atoms with Crippen LogP contribution >= 0.6 is 0 Å². The average molecular weight is 739 g/mol. The Balaban J connectivity index is 0.929. The summed E-state index contributed by atoms with van der Waals surface area (Å²) in [5, 5.41) is 15.8. The number of hydrogen-bond acceptors (Lipinski definition) is 3. The molecule has 0 amide bonds. The van der Waals surface area contributed by atoms with E-state index in [0.717, 1.165) is 50.2 Å². The van der Waals surface area contributed by atoms with Crippen molar-refractivity contribution in [1.29, 1.82) is 5.26 Å². The van der Waals surface area contributed by atoms with Crippen molar-refractivity contribution in [2.75, 3.05) is 4.90 Å². The minimum absolute atomic E-state index is 0.630. The lowest BCUT2D eigenvalue weighted by molar-refractivity contribution is 1.18. The van der Waals surface area contributed by atoms with Crippen molar-refractivity contribution in [3.8, 4) is 45.1 Å². The van der Waals surface area contributed by atoms with Crippen LogP contribution in [0, 0.1) is 11.3 Å². The lowest BCUT2D eigenvalue weighted by Crippen LogP contribution is -2.09. The van der Waals surface area contributed by atoms with E-state index in [9.17, 15) is 5.26 Å². The van der Waals surface area contributed by atoms with E-state index in [-0.39, 0.29) is 0 Å². The van der Waals surface area contributed by atoms with Gasteiger partial charge in [0.05, 0.1) is 28.2 Å². The van der Waals surface area contributed by atoms with E-state index in [4.69, 9.17) is 0 Å². The molecular formula is C54H34N4. The van der Waals surface area contributed by atoms with E-state index in [0.29, 0.717) is 5.56 Å². The third-order valence-electron chi connectivity index (χ3n) is 11.5. The highest BCUT2D eigenvalue weighted by atomic mass is 15.1. The topological polar surface area (TPSA) is 44.9 Å². The Kier molecular flexibility index (Phi) is 7.84. The summed E-state index contributed by atoms with van der Waals surface area (Å²) >= 11 is 0. The van der Waals surface area contributed by atoms with Gasteiger partial charge in [0.2, 0.25) is 0 Å². The minimum atomic E-state index is 0.630. The summed E-state index contributed by atoms with van der Waals surface area (Å²) in [7, 11) is 0. The maximum atomic E-state index is 9.51. The third-order valence-corrected chi connectivity index (χ3v) is 11.5. The van der Waals surface area contributed by atoms with E-state index in [1.807, 2.05) is 36.5 Å². The van der Waals surface area contributed by atoms with Gasteiger partial charge >= 0.3 is 0 Å². The molecular weight excluding hydrogens is 705 g/mol. The van der Waals surface area contributed by atoms with Gasteiger partial charge in [-0.05, 0) is 117 Å². The number of nitriles is 1. The Bertz CT molecular complexity index is 3300. The average Bonchev–Trinajstić information content (AvgIpc) is 3.65. The summed E-state index contributed by atoms with van der Waals surface area (Å²) in [5.74, 6) is 0. The number of aromatic nitrogens is 2. The number of pyridine rings is 1. The monoisotopic (exact) mass is 738 g/mol. The summed E-state index contributed by atoms with van der Waals surface area (Å²) in [5.41, 5.74) is 15.2. The van der Waals surface area contributed by atoms with Crippen LogP contribution in [0.3, 0.4) is 0 Å². The molecule has 9 aromatic carbocycles. The molecule has 270 valence electrons. The highest BCUT2D eigenvalue weighted by Gasteiger charge is 2.19. The summed E-state index contributed by atoms with van der Waals surface area (Å²) in [6, 6.07) is 73.1. The predicted octanol–water partition coefficient (Wildman–Crippen LogP) is 14.3. The molecule has 0 fully saturated rings. The second kappa shape index (κ2) is 13.6. The molecule has 0 aliphatic rings. The van der Waals surface area contributed by atoms with Gasteiger partial charge in [-0.15, -0.1) is 0 Å². The first-order valence-corrected chi connectivity index (χ1v) is 19.5. The van der Waals surface area contributed by atoms with Crippen molar-refractivity contribution in [1.82, 2.24) is 9.55 Å². The normalized spacial score (nSPS) is 11.4. The first-order valence-electron chi connectivity index (χ1n) is 19.5. The maximum absolute atomic E-state index is 9.51. The van der Waals surface area contributed by atoms with Gasteiger partial charge in [0.1, 0.15) is 0 Å². The quantitative estimate of drug-likeness (QED) is 0.153. The molecule has 2 heterocycles. The maximum Gasteiger partial charge on any atom is 0.0991 e. The molecule has 0 atom stereocenters. The fourth-order valence-electron chi connectivity index (χ4n) is 8.70. The van der Waals surface area contributed by atoms with Gasteiger partial charge in [-0.25, -0.2) is 0 Å². The number of para-hydroxylation sites is 2. The molecule has 0 bridgehead atoms. The van der Waals surface area contributed by atoms with E-state index < -0.39 is 0 Å². The molecule has 2 aromatic heterocycles. The molecule has 11 rings (SSSR count). The fourth-order valence-corrected chi connectivity index (χ4v) is 8.70. The van der Waals surface area contributed by atoms with Crippen LogP contribution in [0.25, 0.3) is 82.5 Å². The van der Waals surface area contributed by atoms with E-state index in [1.54, 1.807) is 0 Å². The molecule has 0 spiro atoms. The van der Waals surface area contributed by atoms with Crippen molar-refractivity contribution >= 4 is 60.5 Å². The van der Waals surface area contributed by atoms with E-state index >= 15 is 0 Å². The minimum Gasteiger partial charge on any atom is -0.311 e. The standard InChI is InChI=1S/C54H34N4/c55-35-36-14-25-44(26-15-36)57(46-29-22-40(23-30-46)48-12-4-8-42-9-6-34-56-54(42)48)45-27-20-38(21-28-45)37-16-18-39(19-17-37)47-32-33-51-53-49(47)31-24-41-7-5-13-50(52(41)53)58(51)43-10-2-1-3-11-43/h1-34H. The Hall–Kier alpha value is -8.00. The van der Waals surface area contributed by atoms with Gasteiger partial charge in [0.15, 0.2) is 0 Å². The smallest absolute Gasteiger partial charge is 0.0991 e. The second-order valence-corrected chi connectivity index (χ2v) is 14.7. The van der Waals surface area contributed by atoms with Gasteiger partial charge in [-0.3, -0.25) is 4.98 Å². The SMILES string of the molecule is N#Cc1ccc(N(c2ccc(-c3ccc(-c4ccc5c6c4ccc4cccc(c46)n5-c4ccccc4)cc3)cc2)c2ccc(-c3cccc4cccnc34)cc2)cc1. The van der Waals surface area contributed by atoms with Crippen LogP contribution in [0.4, 0.5) is 17.1 Å². The van der Waals surface area contributed by atoms with Crippen molar-refractivity contribution in [3.63, 3.8) is 0 Å². The number of fused-ring (bicyclic) bond motifs is 1. The molecule has 0 unspecified atom stereocenters. The van der Waals surface area contributed by atoms with Crippen LogP contribution in [-0.4, -0.2) is 9.55 Å². The van der Waals surface area contributed by atoms with Crippen LogP contribution in [0.2, 0.25) is 0 Å². The number of nitrogens with zero attached hydrogens (tertiary/aromatic N) is 4. The summed E-state index contributed by atoms with van der Waals surface area (Å²) in [4.78, 5) is 6.91. The second-order valence-electron chi connectivity index (χ2n) is 14.7. The molecule has 4 heteroatoms. The van der Waals surface area contributed by atoms with Crippen LogP contribution < -0.4 is 4.90 Å². The molecule has 11 aromatic rings. The zero-order chi connectivity index (χ0) is 38.6. The Morgan fingerprint density at radius 1 is 0.431 bits per heavy atom. The fraction of sp³-hybridized carbons (Fsp3) is 0. The lowest BCUT2D eigenvalue weighted by Gasteiger charge is -2.26. The van der Waals surface area contributed by atoms with Gasteiger partial charge < -0.3 is 9.47 Å². The number of hydrogen-bond donors (Lipinski definition) is 0. The summed E-state index contributed by atoms with van der Waals surface area (Å²) in [6.45, 7) is 0. The van der Waals surface area contributed by atoms with Gasteiger partial charge in [-0.1, -0.05) is 121 Å². The molecule has 0 aliphatic carbocycles. The van der Waals surface area contributed by atoms with Crippen molar-refractivity contribution in [3.05, 3.63) is 212 Å². The number of anilines is 3.